The summed E-state index contributed by atoms with van der Waals surface area (Å²) in [5.74, 6) is -4.09. The number of carbonyl (C=O) groups excluding carboxylic acids is 2. The third-order valence-corrected chi connectivity index (χ3v) is 4.93. The number of hydrogen-bond acceptors (Lipinski definition) is 7. The maximum absolute atomic E-state index is 12.5. The molecule has 0 saturated carbocycles. The molecule has 0 aromatic carbocycles. The van der Waals surface area contributed by atoms with Gasteiger partial charge in [-0.15, -0.1) is 0 Å². The number of nitrogens with one attached hydrogen (secondary N) is 1. The van der Waals surface area contributed by atoms with Gasteiger partial charge >= 0.3 is 13.5 Å². The van der Waals surface area contributed by atoms with E-state index in [0.29, 0.717) is 12.8 Å². The van der Waals surface area contributed by atoms with E-state index in [1.54, 1.807) is 6.92 Å². The Morgan fingerprint density at radius 3 is 2.32 bits per heavy atom. The van der Waals surface area contributed by atoms with Crippen molar-refractivity contribution in [1.82, 2.24) is 10.3 Å². The minimum absolute atomic E-state index is 0.0174. The van der Waals surface area contributed by atoms with Crippen molar-refractivity contribution in [2.24, 2.45) is 22.2 Å². The molecule has 0 saturated heterocycles. The van der Waals surface area contributed by atoms with E-state index in [4.69, 9.17) is 17.2 Å². The van der Waals surface area contributed by atoms with E-state index < -0.39 is 42.3 Å². The molecule has 0 aliphatic carbocycles. The predicted molar refractivity (Wildman–Crippen MR) is 100 cm³/mol. The lowest BCUT2D eigenvalue weighted by Crippen LogP contribution is -2.55. The lowest BCUT2D eigenvalue weighted by molar-refractivity contribution is -0.638. The van der Waals surface area contributed by atoms with Gasteiger partial charge in [-0.25, -0.2) is 10.1 Å². The summed E-state index contributed by atoms with van der Waals surface area (Å²) in [5.41, 5.74) is 16.1. The van der Waals surface area contributed by atoms with Crippen LogP contribution in [-0.2, 0) is 14.2 Å². The molecule has 0 aliphatic heterocycles. The summed E-state index contributed by atoms with van der Waals surface area (Å²) in [6, 6.07) is -2.38. The minimum atomic E-state index is -4.97. The molecular weight excluding hydrogens is 397 g/mol. The molecule has 2 amide bonds. The highest BCUT2D eigenvalue weighted by Gasteiger charge is 2.44. The predicted octanol–water partition coefficient (Wildman–Crippen LogP) is -1.80. The highest BCUT2D eigenvalue weighted by atomic mass is 31.2. The van der Waals surface area contributed by atoms with Gasteiger partial charge in [0.15, 0.2) is 16.8 Å². The molecule has 0 rings (SSSR count). The van der Waals surface area contributed by atoms with Crippen LogP contribution in [0.3, 0.4) is 0 Å². The summed E-state index contributed by atoms with van der Waals surface area (Å²) < 4.78 is 11.3. The summed E-state index contributed by atoms with van der Waals surface area (Å²) in [7, 11) is -4.97. The standard InChI is InChI=1S/C13H28N7O7P/c1-3-5-10(12(22)19(20(23)24)8(2)28(25,26)27)18-11(21)9(14)6-4-7-17-13(15)16/h8-10H,3-7,14H2,1-2H3,(H,18,21)(H4,15,16,17)(H2,25,26,27)/t8-,9+,10+/m1/s1. The second-order valence-corrected chi connectivity index (χ2v) is 7.97. The molecule has 162 valence electrons. The third-order valence-electron chi connectivity index (χ3n) is 3.74. The smallest absolute Gasteiger partial charge is 0.354 e. The molecule has 0 fully saturated rings. The monoisotopic (exact) mass is 425 g/mol. The van der Waals surface area contributed by atoms with Gasteiger partial charge in [0.1, 0.15) is 6.04 Å². The number of hydrogen-bond donors (Lipinski definition) is 6. The molecule has 0 bridgehead atoms. The first-order valence-electron chi connectivity index (χ1n) is 8.46. The van der Waals surface area contributed by atoms with Gasteiger partial charge in [0.05, 0.1) is 6.04 Å². The maximum atomic E-state index is 12.5. The molecule has 28 heavy (non-hydrogen) atoms. The molecule has 0 radical (unpaired) electrons. The zero-order valence-corrected chi connectivity index (χ0v) is 16.6. The van der Waals surface area contributed by atoms with Gasteiger partial charge in [-0.2, -0.15) is 0 Å². The Hall–Kier alpha value is -2.28. The van der Waals surface area contributed by atoms with Crippen LogP contribution in [-0.4, -0.2) is 62.0 Å². The van der Waals surface area contributed by atoms with Gasteiger partial charge in [-0.05, 0) is 31.2 Å². The SMILES string of the molecule is CCC[C@H](NC(=O)[C@@H](N)CCCN=C(N)N)C(=O)N([C@@H](C)P(=O)(O)O)[N+](=O)[O-]. The molecule has 0 aliphatic rings. The van der Waals surface area contributed by atoms with Crippen LogP contribution in [0.2, 0.25) is 0 Å². The quantitative estimate of drug-likeness (QED) is 0.0511. The van der Waals surface area contributed by atoms with E-state index in [-0.39, 0.29) is 30.4 Å². The number of hydrazine groups is 1. The van der Waals surface area contributed by atoms with Crippen LogP contribution in [0.4, 0.5) is 0 Å². The molecule has 0 spiro atoms. The van der Waals surface area contributed by atoms with Crippen molar-refractivity contribution in [2.75, 3.05) is 6.54 Å². The number of nitrogens with two attached hydrogens (primary N) is 3. The zero-order chi connectivity index (χ0) is 22.1. The van der Waals surface area contributed by atoms with Crippen LogP contribution in [0.5, 0.6) is 0 Å². The van der Waals surface area contributed by atoms with E-state index in [2.05, 4.69) is 10.3 Å². The first-order valence-corrected chi connectivity index (χ1v) is 10.1. The average molecular weight is 425 g/mol. The van der Waals surface area contributed by atoms with Crippen molar-refractivity contribution in [2.45, 2.75) is 57.4 Å². The fourth-order valence-corrected chi connectivity index (χ4v) is 2.66. The average Bonchev–Trinajstić information content (AvgIpc) is 2.56. The van der Waals surface area contributed by atoms with Crippen molar-refractivity contribution >= 4 is 25.4 Å². The van der Waals surface area contributed by atoms with Gasteiger partial charge in [0.2, 0.25) is 5.91 Å². The van der Waals surface area contributed by atoms with Crippen molar-refractivity contribution < 1.29 is 29.0 Å². The number of guanidine groups is 1. The molecule has 0 heterocycles. The normalized spacial score (nSPS) is 14.5. The molecular formula is C13H28N7O7P. The first-order chi connectivity index (χ1) is 12.8. The number of rotatable bonds is 12. The number of nitro groups is 1. The Morgan fingerprint density at radius 2 is 1.89 bits per heavy atom. The van der Waals surface area contributed by atoms with Crippen LogP contribution in [0.15, 0.2) is 4.99 Å². The Balaban J connectivity index is 5.19. The highest BCUT2D eigenvalue weighted by Crippen LogP contribution is 2.42. The van der Waals surface area contributed by atoms with Crippen molar-refractivity contribution in [3.05, 3.63) is 10.1 Å². The van der Waals surface area contributed by atoms with Crippen LogP contribution in [0, 0.1) is 10.1 Å². The Kier molecular flexibility index (Phi) is 10.6. The molecule has 14 nitrogen and oxygen atoms in total. The third kappa shape index (κ3) is 8.61. The van der Waals surface area contributed by atoms with Crippen LogP contribution in [0.1, 0.15) is 39.5 Å². The highest BCUT2D eigenvalue weighted by molar-refractivity contribution is 7.52. The van der Waals surface area contributed by atoms with E-state index in [1.807, 2.05) is 0 Å². The Morgan fingerprint density at radius 1 is 1.32 bits per heavy atom. The van der Waals surface area contributed by atoms with Crippen molar-refractivity contribution in [1.29, 1.82) is 0 Å². The van der Waals surface area contributed by atoms with E-state index >= 15 is 0 Å². The van der Waals surface area contributed by atoms with Gasteiger partial charge in [-0.1, -0.05) is 13.3 Å². The topological polar surface area (TPSA) is 240 Å². The summed E-state index contributed by atoms with van der Waals surface area (Å²) >= 11 is 0. The van der Waals surface area contributed by atoms with Crippen molar-refractivity contribution in [3.8, 4) is 0 Å². The van der Waals surface area contributed by atoms with Crippen molar-refractivity contribution in [3.63, 3.8) is 0 Å². The number of carbonyl (C=O) groups is 2. The minimum Gasteiger partial charge on any atom is -0.370 e. The lowest BCUT2D eigenvalue weighted by Gasteiger charge is -2.25. The Bertz CT molecular complexity index is 635. The number of amides is 2. The van der Waals surface area contributed by atoms with Gasteiger partial charge in [0.25, 0.3) is 0 Å². The maximum Gasteiger partial charge on any atom is 0.354 e. The molecule has 9 N–H and O–H groups in total. The molecule has 0 unspecified atom stereocenters. The molecule has 15 heteroatoms. The molecule has 0 aromatic heterocycles. The van der Waals surface area contributed by atoms with Gasteiger partial charge in [0, 0.05) is 6.54 Å². The van der Waals surface area contributed by atoms with Crippen LogP contribution >= 0.6 is 7.60 Å². The van der Waals surface area contributed by atoms with Crippen LogP contribution in [0.25, 0.3) is 0 Å². The van der Waals surface area contributed by atoms with E-state index in [9.17, 15) is 34.1 Å². The summed E-state index contributed by atoms with van der Waals surface area (Å²) in [6.07, 6.45) is 0.957. The second-order valence-electron chi connectivity index (χ2n) is 6.05. The fourth-order valence-electron chi connectivity index (χ4n) is 2.18. The van der Waals surface area contributed by atoms with Gasteiger partial charge in [-0.3, -0.25) is 19.1 Å². The first kappa shape index (κ1) is 25.7. The van der Waals surface area contributed by atoms with E-state index in [0.717, 1.165) is 6.92 Å². The van der Waals surface area contributed by atoms with Gasteiger partial charge < -0.3 is 32.3 Å². The Labute approximate surface area is 161 Å². The largest absolute Gasteiger partial charge is 0.370 e. The lowest BCUT2D eigenvalue weighted by atomic mass is 10.1. The summed E-state index contributed by atoms with van der Waals surface area (Å²) in [4.78, 5) is 58.0. The summed E-state index contributed by atoms with van der Waals surface area (Å²) in [6.45, 7) is 2.77. The van der Waals surface area contributed by atoms with Crippen LogP contribution < -0.4 is 22.5 Å². The number of nitrogens with zero attached hydrogens (tertiary/aromatic N) is 3. The molecule has 0 aromatic rings. The number of aliphatic imine (C=N–C) groups is 1. The zero-order valence-electron chi connectivity index (χ0n) is 15.7. The van der Waals surface area contributed by atoms with E-state index in [1.165, 1.54) is 0 Å². The fraction of sp³-hybridized carbons (Fsp3) is 0.769. The second kappa shape index (κ2) is 11.5. The summed E-state index contributed by atoms with van der Waals surface area (Å²) in [5, 5.41) is 12.1. The molecule has 3 atom stereocenters.